The van der Waals surface area contributed by atoms with E-state index in [0.29, 0.717) is 54.5 Å². The van der Waals surface area contributed by atoms with Crippen LogP contribution in [0.2, 0.25) is 10.0 Å². The van der Waals surface area contributed by atoms with Gasteiger partial charge in [-0.3, -0.25) is 14.5 Å². The molecule has 2 aromatic carbocycles. The van der Waals surface area contributed by atoms with Gasteiger partial charge in [-0.25, -0.2) is 9.97 Å². The minimum atomic E-state index is -0.124. The molecule has 2 N–H and O–H groups in total. The Balaban J connectivity index is 1.06. The Hall–Kier alpha value is -4.22. The molecule has 2 aliphatic carbocycles. The van der Waals surface area contributed by atoms with Gasteiger partial charge in [-0.15, -0.1) is 0 Å². The van der Waals surface area contributed by atoms with Gasteiger partial charge in [-0.1, -0.05) is 59.6 Å². The molecule has 0 spiro atoms. The van der Waals surface area contributed by atoms with Crippen LogP contribution in [0, 0.1) is 5.92 Å². The molecule has 0 unspecified atom stereocenters. The van der Waals surface area contributed by atoms with Crippen LogP contribution in [-0.4, -0.2) is 73.2 Å². The van der Waals surface area contributed by atoms with Crippen molar-refractivity contribution in [2.45, 2.75) is 63.6 Å². The number of likely N-dealkylation sites (tertiary alicyclic amines) is 1. The molecule has 2 aromatic heterocycles. The van der Waals surface area contributed by atoms with Gasteiger partial charge in [0.15, 0.2) is 0 Å². The summed E-state index contributed by atoms with van der Waals surface area (Å²) < 4.78 is 17.0. The molecule has 10 nitrogen and oxygen atoms in total. The van der Waals surface area contributed by atoms with Crippen molar-refractivity contribution < 1.29 is 23.8 Å². The number of benzene rings is 2. The summed E-state index contributed by atoms with van der Waals surface area (Å²) in [6.07, 6.45) is 5.04. The molecule has 12 heteroatoms. The molecule has 0 saturated carbocycles. The zero-order chi connectivity index (χ0) is 36.8. The van der Waals surface area contributed by atoms with E-state index in [2.05, 4.69) is 27.7 Å². The molecule has 0 radical (unpaired) electrons. The highest BCUT2D eigenvalue weighted by molar-refractivity contribution is 6.39. The van der Waals surface area contributed by atoms with Crippen molar-refractivity contribution in [2.24, 2.45) is 5.92 Å². The first-order chi connectivity index (χ1) is 25.8. The lowest BCUT2D eigenvalue weighted by Crippen LogP contribution is -2.51. The molecule has 53 heavy (non-hydrogen) atoms. The van der Waals surface area contributed by atoms with Crippen LogP contribution in [0.1, 0.15) is 66.9 Å². The largest absolute Gasteiger partial charge is 0.481 e. The van der Waals surface area contributed by atoms with E-state index in [4.69, 9.17) is 47.4 Å². The van der Waals surface area contributed by atoms with E-state index in [1.54, 1.807) is 14.2 Å². The van der Waals surface area contributed by atoms with Crippen molar-refractivity contribution in [3.63, 3.8) is 0 Å². The summed E-state index contributed by atoms with van der Waals surface area (Å²) in [5.41, 5.74) is 9.13. The van der Waals surface area contributed by atoms with Gasteiger partial charge in [0.25, 0.3) is 0 Å². The van der Waals surface area contributed by atoms with Gasteiger partial charge in [0.05, 0.1) is 48.2 Å². The van der Waals surface area contributed by atoms with Crippen molar-refractivity contribution in [2.75, 3.05) is 40.5 Å². The fourth-order valence-electron chi connectivity index (χ4n) is 8.51. The molecule has 0 bridgehead atoms. The maximum atomic E-state index is 12.2. The highest BCUT2D eigenvalue weighted by atomic mass is 35.5. The number of nitrogens with zero attached hydrogens (tertiary/aromatic N) is 3. The first-order valence-corrected chi connectivity index (χ1v) is 19.2. The number of methoxy groups -OCH3 is 2. The molecule has 1 amide bonds. The van der Waals surface area contributed by atoms with Crippen LogP contribution < -0.4 is 20.1 Å². The number of pyridine rings is 2. The van der Waals surface area contributed by atoms with Crippen LogP contribution >= 0.6 is 23.2 Å². The third-order valence-corrected chi connectivity index (χ3v) is 12.0. The topological polar surface area (TPSA) is 115 Å². The van der Waals surface area contributed by atoms with Crippen LogP contribution in [0.5, 0.6) is 11.8 Å². The fourth-order valence-corrected chi connectivity index (χ4v) is 9.16. The number of rotatable bonds is 11. The van der Waals surface area contributed by atoms with Crippen molar-refractivity contribution >= 4 is 35.1 Å². The van der Waals surface area contributed by atoms with E-state index in [9.17, 15) is 9.59 Å². The normalized spacial score (nSPS) is 20.8. The van der Waals surface area contributed by atoms with E-state index < -0.39 is 0 Å². The summed E-state index contributed by atoms with van der Waals surface area (Å²) in [5.74, 6) is 1.07. The Morgan fingerprint density at radius 2 is 1.43 bits per heavy atom. The van der Waals surface area contributed by atoms with Crippen LogP contribution in [0.25, 0.3) is 33.6 Å². The number of ether oxygens (including phenoxy) is 3. The molecular weight excluding hydrogens is 713 g/mol. The highest BCUT2D eigenvalue weighted by Crippen LogP contribution is 2.47. The standard InChI is InChI=1S/C41H43Cl2N5O5/c1-4-53-41(50)24-20-48(21-24)33-15-12-23-18-32(47-40(52-3)36(23)33)29-10-6-8-27(38(29)43)26-7-5-9-28(37(26)42)31-17-22-11-14-30(35(22)39(46-31)51-2)44-19-25-13-16-34(49)45-25/h5-10,17-18,24-25,30,33,44H,4,11-16,19-21H2,1-3H3,(H,45,49)/t25-,30-,33+/m0/s1. The summed E-state index contributed by atoms with van der Waals surface area (Å²) in [7, 11) is 3.30. The number of hydrogen-bond donors (Lipinski definition) is 2. The predicted molar refractivity (Wildman–Crippen MR) is 204 cm³/mol. The van der Waals surface area contributed by atoms with Gasteiger partial charge in [-0.05, 0) is 62.3 Å². The van der Waals surface area contributed by atoms with E-state index in [0.717, 1.165) is 76.9 Å². The second-order valence-corrected chi connectivity index (χ2v) is 15.0. The average molecular weight is 757 g/mol. The Labute approximate surface area is 319 Å². The van der Waals surface area contributed by atoms with E-state index >= 15 is 0 Å². The number of aryl methyl sites for hydroxylation is 2. The summed E-state index contributed by atoms with van der Waals surface area (Å²) in [6, 6.07) is 16.5. The summed E-state index contributed by atoms with van der Waals surface area (Å²) >= 11 is 14.5. The fraction of sp³-hybridized carbons (Fsp3) is 0.415. The molecular formula is C41H43Cl2N5O5. The van der Waals surface area contributed by atoms with Gasteiger partial charge in [0, 0.05) is 77.6 Å². The number of fused-ring (bicyclic) bond motifs is 2. The molecule has 4 heterocycles. The molecule has 276 valence electrons. The zero-order valence-corrected chi connectivity index (χ0v) is 31.6. The molecule has 4 aliphatic rings. The molecule has 3 atom stereocenters. The maximum absolute atomic E-state index is 12.2. The Kier molecular flexibility index (Phi) is 10.1. The van der Waals surface area contributed by atoms with E-state index in [1.807, 2.05) is 43.3 Å². The Morgan fingerprint density at radius 3 is 2.02 bits per heavy atom. The van der Waals surface area contributed by atoms with E-state index in [1.165, 1.54) is 11.1 Å². The van der Waals surface area contributed by atoms with Gasteiger partial charge in [0.1, 0.15) is 0 Å². The van der Waals surface area contributed by atoms with Crippen molar-refractivity contribution in [1.82, 2.24) is 25.5 Å². The minimum Gasteiger partial charge on any atom is -0.481 e. The second kappa shape index (κ2) is 14.9. The first kappa shape index (κ1) is 35.8. The van der Waals surface area contributed by atoms with Crippen molar-refractivity contribution in [1.29, 1.82) is 0 Å². The Morgan fingerprint density at radius 1 is 0.849 bits per heavy atom. The number of hydrogen-bond acceptors (Lipinski definition) is 9. The molecule has 8 rings (SSSR count). The maximum Gasteiger partial charge on any atom is 0.311 e. The highest BCUT2D eigenvalue weighted by Gasteiger charge is 2.42. The van der Waals surface area contributed by atoms with Crippen LogP contribution in [-0.2, 0) is 27.2 Å². The number of amides is 1. The average Bonchev–Trinajstić information content (AvgIpc) is 3.88. The third kappa shape index (κ3) is 6.64. The zero-order valence-electron chi connectivity index (χ0n) is 30.1. The Bertz CT molecular complexity index is 2090. The molecule has 4 aromatic rings. The van der Waals surface area contributed by atoms with Crippen LogP contribution in [0.3, 0.4) is 0 Å². The monoisotopic (exact) mass is 755 g/mol. The number of esters is 1. The number of carbonyl (C=O) groups excluding carboxylic acids is 2. The number of aromatic nitrogens is 2. The van der Waals surface area contributed by atoms with Crippen LogP contribution in [0.15, 0.2) is 48.5 Å². The smallest absolute Gasteiger partial charge is 0.311 e. The van der Waals surface area contributed by atoms with Crippen molar-refractivity contribution in [3.8, 4) is 45.4 Å². The second-order valence-electron chi connectivity index (χ2n) is 14.3. The predicted octanol–water partition coefficient (Wildman–Crippen LogP) is 7.14. The minimum absolute atomic E-state index is 0.0851. The van der Waals surface area contributed by atoms with Gasteiger partial charge < -0.3 is 24.8 Å². The summed E-state index contributed by atoms with van der Waals surface area (Å²) in [4.78, 5) is 36.2. The molecule has 2 fully saturated rings. The number of carbonyl (C=O) groups is 2. The molecule has 2 aliphatic heterocycles. The lowest BCUT2D eigenvalue weighted by molar-refractivity contribution is -0.155. The van der Waals surface area contributed by atoms with Gasteiger partial charge >= 0.3 is 5.97 Å². The SMILES string of the molecule is CCOC(=O)C1CN([C@@H]2CCc3cc(-c4cccc(-c5cccc(-c6cc7c(c(OC)n6)[C@@H](NC[C@@H]6CCC(=O)N6)CC7)c5Cl)c4Cl)nc(OC)c32)C1. The lowest BCUT2D eigenvalue weighted by Gasteiger charge is -2.42. The summed E-state index contributed by atoms with van der Waals surface area (Å²) in [5, 5.41) is 7.77. The van der Waals surface area contributed by atoms with Gasteiger partial charge in [0.2, 0.25) is 17.7 Å². The van der Waals surface area contributed by atoms with E-state index in [-0.39, 0.29) is 35.9 Å². The van der Waals surface area contributed by atoms with Gasteiger partial charge in [-0.2, -0.15) is 0 Å². The third-order valence-electron chi connectivity index (χ3n) is 11.2. The van der Waals surface area contributed by atoms with Crippen LogP contribution in [0.4, 0.5) is 0 Å². The first-order valence-electron chi connectivity index (χ1n) is 18.4. The lowest BCUT2D eigenvalue weighted by atomic mass is 9.95. The molecule has 2 saturated heterocycles. The number of nitrogens with one attached hydrogen (secondary N) is 2. The summed E-state index contributed by atoms with van der Waals surface area (Å²) in [6.45, 7) is 4.30. The van der Waals surface area contributed by atoms with Crippen molar-refractivity contribution in [3.05, 3.63) is 80.8 Å². The number of halogens is 2. The quantitative estimate of drug-likeness (QED) is 0.154.